The van der Waals surface area contributed by atoms with Gasteiger partial charge in [0, 0.05) is 23.7 Å². The number of para-hydroxylation sites is 1. The molecule has 2 aromatic carbocycles. The first kappa shape index (κ1) is 18.4. The molecule has 2 heterocycles. The van der Waals surface area contributed by atoms with Gasteiger partial charge < -0.3 is 15.1 Å². The molecule has 0 saturated heterocycles. The second-order valence-electron chi connectivity index (χ2n) is 6.70. The summed E-state index contributed by atoms with van der Waals surface area (Å²) < 4.78 is 5.69. The van der Waals surface area contributed by atoms with E-state index in [0.29, 0.717) is 33.9 Å². The Kier molecular flexibility index (Phi) is 4.83. The fraction of sp³-hybridized carbons (Fsp3) is 0.0870. The summed E-state index contributed by atoms with van der Waals surface area (Å²) in [6.45, 7) is 3.30. The normalized spacial score (nSPS) is 10.7. The number of amides is 2. The van der Waals surface area contributed by atoms with E-state index in [2.05, 4.69) is 15.6 Å². The molecule has 0 fully saturated rings. The number of carbonyl (C=O) groups excluding carboxylic acids is 2. The Morgan fingerprint density at radius 3 is 2.38 bits per heavy atom. The van der Waals surface area contributed by atoms with Gasteiger partial charge in [0.05, 0.1) is 11.1 Å². The average Bonchev–Trinajstić information content (AvgIpc) is 3.13. The molecule has 0 atom stereocenters. The molecular weight excluding hydrogens is 366 g/mol. The Balaban J connectivity index is 1.72. The van der Waals surface area contributed by atoms with Crippen molar-refractivity contribution in [2.24, 2.45) is 0 Å². The average molecular weight is 385 g/mol. The molecule has 0 saturated carbocycles. The molecule has 29 heavy (non-hydrogen) atoms. The van der Waals surface area contributed by atoms with Gasteiger partial charge in [0.1, 0.15) is 11.5 Å². The van der Waals surface area contributed by atoms with Crippen molar-refractivity contribution >= 4 is 34.1 Å². The number of rotatable bonds is 4. The first-order valence-electron chi connectivity index (χ1n) is 9.15. The third-order valence-corrected chi connectivity index (χ3v) is 4.39. The van der Waals surface area contributed by atoms with Gasteiger partial charge >= 0.3 is 0 Å². The lowest BCUT2D eigenvalue weighted by Crippen LogP contribution is -2.13. The molecule has 6 nitrogen and oxygen atoms in total. The maximum Gasteiger partial charge on any atom is 0.256 e. The summed E-state index contributed by atoms with van der Waals surface area (Å²) in [7, 11) is 0. The van der Waals surface area contributed by atoms with E-state index in [1.165, 1.54) is 6.92 Å². The number of nitrogens with one attached hydrogen (secondary N) is 2. The number of aryl methyl sites for hydroxylation is 1. The number of carbonyl (C=O) groups is 2. The van der Waals surface area contributed by atoms with Gasteiger partial charge in [-0.2, -0.15) is 0 Å². The van der Waals surface area contributed by atoms with Crippen LogP contribution in [0.1, 0.15) is 23.0 Å². The van der Waals surface area contributed by atoms with Crippen LogP contribution in [0.2, 0.25) is 0 Å². The fourth-order valence-corrected chi connectivity index (χ4v) is 3.14. The molecule has 0 aliphatic heterocycles. The standard InChI is InChI=1S/C23H19N3O3/c1-14-10-11-22(29-14)21-13-19(18-8-3-4-9-20(18)26-21)23(28)25-17-7-5-6-16(12-17)24-15(2)27/h3-13H,1-2H3,(H,24,27)(H,25,28). The minimum atomic E-state index is -0.270. The zero-order chi connectivity index (χ0) is 20.4. The molecule has 0 unspecified atom stereocenters. The van der Waals surface area contributed by atoms with Crippen molar-refractivity contribution in [3.8, 4) is 11.5 Å². The van der Waals surface area contributed by atoms with E-state index in [9.17, 15) is 9.59 Å². The summed E-state index contributed by atoms with van der Waals surface area (Å²) in [4.78, 5) is 29.0. The Hall–Kier alpha value is -3.93. The molecule has 0 aliphatic rings. The number of furan rings is 1. The number of hydrogen-bond acceptors (Lipinski definition) is 4. The molecule has 6 heteroatoms. The first-order chi connectivity index (χ1) is 14.0. The van der Waals surface area contributed by atoms with Gasteiger partial charge in [-0.05, 0) is 49.4 Å². The summed E-state index contributed by atoms with van der Waals surface area (Å²) >= 11 is 0. The predicted molar refractivity (Wildman–Crippen MR) is 113 cm³/mol. The van der Waals surface area contributed by atoms with Crippen molar-refractivity contribution in [1.82, 2.24) is 4.98 Å². The van der Waals surface area contributed by atoms with Gasteiger partial charge in [-0.15, -0.1) is 0 Å². The van der Waals surface area contributed by atoms with Crippen LogP contribution in [0.15, 0.2) is 71.1 Å². The molecule has 2 amide bonds. The van der Waals surface area contributed by atoms with E-state index in [-0.39, 0.29) is 11.8 Å². The van der Waals surface area contributed by atoms with Crippen molar-refractivity contribution in [1.29, 1.82) is 0 Å². The van der Waals surface area contributed by atoms with E-state index in [1.54, 1.807) is 30.3 Å². The highest BCUT2D eigenvalue weighted by molar-refractivity contribution is 6.13. The molecule has 4 rings (SSSR count). The monoisotopic (exact) mass is 385 g/mol. The topological polar surface area (TPSA) is 84.2 Å². The second-order valence-corrected chi connectivity index (χ2v) is 6.70. The van der Waals surface area contributed by atoms with Crippen LogP contribution in [-0.4, -0.2) is 16.8 Å². The number of benzene rings is 2. The third-order valence-electron chi connectivity index (χ3n) is 4.39. The Labute approximate surface area is 167 Å². The van der Waals surface area contributed by atoms with E-state index in [4.69, 9.17) is 4.42 Å². The molecule has 2 N–H and O–H groups in total. The summed E-state index contributed by atoms with van der Waals surface area (Å²) in [5, 5.41) is 6.35. The predicted octanol–water partition coefficient (Wildman–Crippen LogP) is 5.01. The zero-order valence-corrected chi connectivity index (χ0v) is 16.0. The van der Waals surface area contributed by atoms with E-state index in [1.807, 2.05) is 43.3 Å². The molecule has 4 aromatic rings. The van der Waals surface area contributed by atoms with Gasteiger partial charge in [-0.25, -0.2) is 4.98 Å². The smallest absolute Gasteiger partial charge is 0.256 e. The highest BCUT2D eigenvalue weighted by Crippen LogP contribution is 2.27. The quantitative estimate of drug-likeness (QED) is 0.517. The minimum Gasteiger partial charge on any atom is -0.460 e. The molecule has 0 radical (unpaired) electrons. The van der Waals surface area contributed by atoms with E-state index < -0.39 is 0 Å². The molecule has 0 bridgehead atoms. The molecule has 0 spiro atoms. The summed E-state index contributed by atoms with van der Waals surface area (Å²) in [5.74, 6) is 0.936. The first-order valence-corrected chi connectivity index (χ1v) is 9.15. The summed E-state index contributed by atoms with van der Waals surface area (Å²) in [6.07, 6.45) is 0. The van der Waals surface area contributed by atoms with Crippen molar-refractivity contribution in [3.05, 3.63) is 78.1 Å². The van der Waals surface area contributed by atoms with Crippen molar-refractivity contribution < 1.29 is 14.0 Å². The van der Waals surface area contributed by atoms with E-state index >= 15 is 0 Å². The SMILES string of the molecule is CC(=O)Nc1cccc(NC(=O)c2cc(-c3ccc(C)o3)nc3ccccc23)c1. The second kappa shape index (κ2) is 7.59. The van der Waals surface area contributed by atoms with Gasteiger partial charge in [-0.3, -0.25) is 9.59 Å². The summed E-state index contributed by atoms with van der Waals surface area (Å²) in [5.41, 5.74) is 2.98. The van der Waals surface area contributed by atoms with E-state index in [0.717, 1.165) is 11.1 Å². The van der Waals surface area contributed by atoms with Crippen LogP contribution in [0.3, 0.4) is 0 Å². The lowest BCUT2D eigenvalue weighted by atomic mass is 10.1. The zero-order valence-electron chi connectivity index (χ0n) is 16.0. The maximum atomic E-state index is 13.1. The van der Waals surface area contributed by atoms with Gasteiger partial charge in [0.25, 0.3) is 5.91 Å². The number of anilines is 2. The Bertz CT molecular complexity index is 1230. The highest BCUT2D eigenvalue weighted by Gasteiger charge is 2.16. The van der Waals surface area contributed by atoms with Crippen LogP contribution in [-0.2, 0) is 4.79 Å². The highest BCUT2D eigenvalue weighted by atomic mass is 16.3. The van der Waals surface area contributed by atoms with Crippen LogP contribution in [0, 0.1) is 6.92 Å². The lowest BCUT2D eigenvalue weighted by molar-refractivity contribution is -0.114. The Morgan fingerprint density at radius 2 is 1.66 bits per heavy atom. The number of hydrogen-bond donors (Lipinski definition) is 2. The van der Waals surface area contributed by atoms with Gasteiger partial charge in [0.2, 0.25) is 5.91 Å². The van der Waals surface area contributed by atoms with Crippen LogP contribution in [0.4, 0.5) is 11.4 Å². The van der Waals surface area contributed by atoms with Crippen LogP contribution >= 0.6 is 0 Å². The van der Waals surface area contributed by atoms with Crippen molar-refractivity contribution in [3.63, 3.8) is 0 Å². The van der Waals surface area contributed by atoms with Gasteiger partial charge in [-0.1, -0.05) is 24.3 Å². The maximum absolute atomic E-state index is 13.1. The van der Waals surface area contributed by atoms with Crippen LogP contribution < -0.4 is 10.6 Å². The van der Waals surface area contributed by atoms with Crippen LogP contribution in [0.5, 0.6) is 0 Å². The fourth-order valence-electron chi connectivity index (χ4n) is 3.14. The third kappa shape index (κ3) is 4.01. The molecule has 2 aromatic heterocycles. The largest absolute Gasteiger partial charge is 0.460 e. The minimum absolute atomic E-state index is 0.174. The van der Waals surface area contributed by atoms with Crippen molar-refractivity contribution in [2.75, 3.05) is 10.6 Å². The lowest BCUT2D eigenvalue weighted by Gasteiger charge is -2.11. The number of pyridine rings is 1. The Morgan fingerprint density at radius 1 is 0.897 bits per heavy atom. The van der Waals surface area contributed by atoms with Crippen molar-refractivity contribution in [2.45, 2.75) is 13.8 Å². The molecular formula is C23H19N3O3. The van der Waals surface area contributed by atoms with Gasteiger partial charge in [0.15, 0.2) is 5.76 Å². The number of nitrogens with zero attached hydrogens (tertiary/aromatic N) is 1. The van der Waals surface area contributed by atoms with Crippen LogP contribution in [0.25, 0.3) is 22.4 Å². The molecule has 144 valence electrons. The number of aromatic nitrogens is 1. The molecule has 0 aliphatic carbocycles. The number of fused-ring (bicyclic) bond motifs is 1. The summed E-state index contributed by atoms with van der Waals surface area (Å²) in [6, 6.07) is 19.9.